The van der Waals surface area contributed by atoms with Crippen LogP contribution < -0.4 is 24.4 Å². The number of carbonyl (C=O) groups excluding carboxylic acids is 1. The largest absolute Gasteiger partial charge is 0.490 e. The normalized spacial score (nSPS) is 14.3. The molecule has 1 aliphatic rings. The van der Waals surface area contributed by atoms with Crippen LogP contribution in [0.2, 0.25) is 0 Å². The highest BCUT2D eigenvalue weighted by molar-refractivity contribution is 7.07. The van der Waals surface area contributed by atoms with Gasteiger partial charge in [0.1, 0.15) is 6.61 Å². The summed E-state index contributed by atoms with van der Waals surface area (Å²) in [6, 6.07) is 18.6. The molecule has 10 nitrogen and oxygen atoms in total. The first kappa shape index (κ1) is 32.1. The molecule has 4 aromatic rings. The summed E-state index contributed by atoms with van der Waals surface area (Å²) < 4.78 is 19.3. The zero-order chi connectivity index (χ0) is 32.8. The lowest BCUT2D eigenvalue weighted by Gasteiger charge is -2.25. The highest BCUT2D eigenvalue weighted by Crippen LogP contribution is 2.35. The van der Waals surface area contributed by atoms with Crippen molar-refractivity contribution < 1.29 is 23.9 Å². The fraction of sp³-hybridized carbons (Fsp3) is 0.229. The van der Waals surface area contributed by atoms with Crippen LogP contribution >= 0.6 is 11.3 Å². The highest BCUT2D eigenvalue weighted by Gasteiger charge is 2.33. The van der Waals surface area contributed by atoms with Crippen LogP contribution in [0.1, 0.15) is 48.6 Å². The zero-order valence-corrected chi connectivity index (χ0v) is 26.5. The van der Waals surface area contributed by atoms with E-state index in [1.807, 2.05) is 56.3 Å². The van der Waals surface area contributed by atoms with E-state index in [1.54, 1.807) is 28.9 Å². The van der Waals surface area contributed by atoms with Gasteiger partial charge in [0.25, 0.3) is 11.2 Å². The van der Waals surface area contributed by atoms with E-state index in [0.717, 1.165) is 16.7 Å². The van der Waals surface area contributed by atoms with Crippen LogP contribution in [0.25, 0.3) is 6.08 Å². The average Bonchev–Trinajstić information content (AvgIpc) is 3.37. The third-order valence-corrected chi connectivity index (χ3v) is 8.39. The molecule has 46 heavy (non-hydrogen) atoms. The summed E-state index contributed by atoms with van der Waals surface area (Å²) in [6.45, 7) is 8.22. The van der Waals surface area contributed by atoms with Crippen molar-refractivity contribution in [1.82, 2.24) is 4.57 Å². The molecule has 0 aliphatic carbocycles. The number of hydrogen-bond donors (Lipinski definition) is 0. The van der Waals surface area contributed by atoms with Crippen LogP contribution in [-0.2, 0) is 22.6 Å². The molecule has 0 amide bonds. The van der Waals surface area contributed by atoms with Crippen molar-refractivity contribution in [2.24, 2.45) is 4.99 Å². The molecule has 0 unspecified atom stereocenters. The molecule has 1 aliphatic heterocycles. The number of allylic oxidation sites excluding steroid dienone is 2. The van der Waals surface area contributed by atoms with Crippen LogP contribution in [0.5, 0.6) is 11.5 Å². The number of carbonyl (C=O) groups is 1. The molecular formula is C35H33N3O7S. The number of methoxy groups -OCH3 is 1. The lowest BCUT2D eigenvalue weighted by Crippen LogP contribution is -2.40. The molecule has 0 saturated carbocycles. The first-order valence-electron chi connectivity index (χ1n) is 14.7. The Morgan fingerprint density at radius 3 is 2.48 bits per heavy atom. The number of fused-ring (bicyclic) bond motifs is 1. The Morgan fingerprint density at radius 1 is 1.11 bits per heavy atom. The lowest BCUT2D eigenvalue weighted by molar-refractivity contribution is -0.384. The third-order valence-electron chi connectivity index (χ3n) is 7.41. The van der Waals surface area contributed by atoms with Crippen molar-refractivity contribution in [1.29, 1.82) is 0 Å². The van der Waals surface area contributed by atoms with Crippen LogP contribution in [0.3, 0.4) is 0 Å². The van der Waals surface area contributed by atoms with E-state index >= 15 is 0 Å². The number of thiazole rings is 1. The minimum atomic E-state index is -0.687. The number of rotatable bonds is 12. The van der Waals surface area contributed by atoms with Gasteiger partial charge in [0.05, 0.1) is 40.5 Å². The zero-order valence-electron chi connectivity index (χ0n) is 25.7. The second-order valence-corrected chi connectivity index (χ2v) is 11.4. The van der Waals surface area contributed by atoms with Gasteiger partial charge in [-0.15, -0.1) is 6.58 Å². The second-order valence-electron chi connectivity index (χ2n) is 10.3. The van der Waals surface area contributed by atoms with E-state index in [2.05, 4.69) is 6.58 Å². The molecule has 0 N–H and O–H groups in total. The molecule has 3 aromatic carbocycles. The molecule has 1 atom stereocenters. The number of non-ortho nitro benzene ring substituents is 1. The number of benzene rings is 3. The van der Waals surface area contributed by atoms with Crippen LogP contribution in [0.4, 0.5) is 5.69 Å². The predicted octanol–water partition coefficient (Wildman–Crippen LogP) is 5.41. The molecule has 236 valence electrons. The molecule has 5 rings (SSSR count). The van der Waals surface area contributed by atoms with Crippen molar-refractivity contribution in [3.8, 4) is 11.5 Å². The molecule has 0 bridgehead atoms. The SMILES string of the molecule is C=CCc1cc(/C=c2\sc3n(c2=O)[C@H](c2ccccc2)C(C(=O)OC)=C(CC)N=3)cc(OCC)c1OCc1ccc([N+](=O)[O-])cc1. The smallest absolute Gasteiger partial charge is 0.338 e. The van der Waals surface area contributed by atoms with Gasteiger partial charge >= 0.3 is 5.97 Å². The fourth-order valence-corrected chi connectivity index (χ4v) is 6.36. The predicted molar refractivity (Wildman–Crippen MR) is 176 cm³/mol. The Morgan fingerprint density at radius 2 is 1.85 bits per heavy atom. The average molecular weight is 640 g/mol. The van der Waals surface area contributed by atoms with Crippen molar-refractivity contribution in [3.63, 3.8) is 0 Å². The summed E-state index contributed by atoms with van der Waals surface area (Å²) >= 11 is 1.25. The van der Waals surface area contributed by atoms with Crippen molar-refractivity contribution in [3.05, 3.63) is 143 Å². The van der Waals surface area contributed by atoms with E-state index in [0.29, 0.717) is 57.1 Å². The van der Waals surface area contributed by atoms with E-state index in [1.165, 1.54) is 30.6 Å². The van der Waals surface area contributed by atoms with E-state index in [-0.39, 0.29) is 17.9 Å². The number of nitro benzene ring substituents is 1. The maximum atomic E-state index is 14.1. The minimum Gasteiger partial charge on any atom is -0.490 e. The lowest BCUT2D eigenvalue weighted by atomic mass is 9.95. The quantitative estimate of drug-likeness (QED) is 0.0879. The van der Waals surface area contributed by atoms with Crippen molar-refractivity contribution >= 4 is 29.1 Å². The topological polar surface area (TPSA) is 122 Å². The fourth-order valence-electron chi connectivity index (χ4n) is 5.34. The number of nitro groups is 1. The molecular weight excluding hydrogens is 606 g/mol. The summed E-state index contributed by atoms with van der Waals surface area (Å²) in [5, 5.41) is 11.0. The summed E-state index contributed by atoms with van der Waals surface area (Å²) in [6.07, 6.45) is 4.49. The van der Waals surface area contributed by atoms with Gasteiger partial charge in [-0.3, -0.25) is 19.5 Å². The first-order valence-corrected chi connectivity index (χ1v) is 15.6. The van der Waals surface area contributed by atoms with E-state index in [9.17, 15) is 19.7 Å². The number of nitrogens with zero attached hydrogens (tertiary/aromatic N) is 3. The third kappa shape index (κ3) is 6.54. The van der Waals surface area contributed by atoms with Gasteiger partial charge in [-0.2, -0.15) is 0 Å². The van der Waals surface area contributed by atoms with Gasteiger partial charge in [-0.25, -0.2) is 9.79 Å². The van der Waals surface area contributed by atoms with Crippen LogP contribution in [0.15, 0.2) is 100 Å². The molecule has 0 saturated heterocycles. The number of ether oxygens (including phenoxy) is 3. The standard InChI is InChI=1S/C35H33N3O7S/c1-5-11-25-18-23(19-28(44-7-3)32(25)45-21-22-14-16-26(17-15-22)38(41)42)20-29-33(39)37-31(24-12-9-8-10-13-24)30(34(40)43-4)27(6-2)36-35(37)46-29/h5,8-10,12-20,31H,1,6-7,11,21H2,2-4H3/b29-20-/t31-/m1/s1. The summed E-state index contributed by atoms with van der Waals surface area (Å²) in [4.78, 5) is 42.9. The maximum absolute atomic E-state index is 14.1. The van der Waals surface area contributed by atoms with Crippen molar-refractivity contribution in [2.45, 2.75) is 39.3 Å². The summed E-state index contributed by atoms with van der Waals surface area (Å²) in [5.41, 5.74) is 3.69. The molecule has 0 fully saturated rings. The van der Waals surface area contributed by atoms with Gasteiger partial charge in [0, 0.05) is 17.7 Å². The first-order chi connectivity index (χ1) is 22.3. The van der Waals surface area contributed by atoms with Crippen LogP contribution in [0, 0.1) is 10.1 Å². The summed E-state index contributed by atoms with van der Waals surface area (Å²) in [5.74, 6) is 0.493. The van der Waals surface area contributed by atoms with Gasteiger partial charge in [-0.1, -0.05) is 54.7 Å². The van der Waals surface area contributed by atoms with Gasteiger partial charge in [0.2, 0.25) is 0 Å². The Hall–Kier alpha value is -5.29. The van der Waals surface area contributed by atoms with Gasteiger partial charge in [-0.05, 0) is 66.8 Å². The Balaban J connectivity index is 1.60. The summed E-state index contributed by atoms with van der Waals surface area (Å²) in [7, 11) is 1.33. The van der Waals surface area contributed by atoms with Crippen molar-refractivity contribution in [2.75, 3.05) is 13.7 Å². The monoisotopic (exact) mass is 639 g/mol. The van der Waals surface area contributed by atoms with E-state index < -0.39 is 16.9 Å². The van der Waals surface area contributed by atoms with Crippen LogP contribution in [-0.4, -0.2) is 29.2 Å². The Labute approximate surface area is 269 Å². The highest BCUT2D eigenvalue weighted by atomic mass is 32.1. The Bertz CT molecular complexity index is 1990. The number of aromatic nitrogens is 1. The molecule has 1 aromatic heterocycles. The maximum Gasteiger partial charge on any atom is 0.338 e. The molecule has 11 heteroatoms. The number of hydrogen-bond acceptors (Lipinski definition) is 9. The molecule has 0 radical (unpaired) electrons. The van der Waals surface area contributed by atoms with Gasteiger partial charge in [0.15, 0.2) is 16.3 Å². The van der Waals surface area contributed by atoms with E-state index in [4.69, 9.17) is 19.2 Å². The number of esters is 1. The van der Waals surface area contributed by atoms with Gasteiger partial charge < -0.3 is 14.2 Å². The minimum absolute atomic E-state index is 0.00302. The molecule has 2 heterocycles. The Kier molecular flexibility index (Phi) is 9.92. The second kappa shape index (κ2) is 14.2. The molecule has 0 spiro atoms.